The van der Waals surface area contributed by atoms with Crippen molar-refractivity contribution in [3.63, 3.8) is 0 Å². The van der Waals surface area contributed by atoms with Crippen LogP contribution in [0.25, 0.3) is 0 Å². The van der Waals surface area contributed by atoms with Gasteiger partial charge in [-0.3, -0.25) is 13.9 Å². The zero-order chi connectivity index (χ0) is 24.9. The smallest absolute Gasteiger partial charge is 0.244 e. The van der Waals surface area contributed by atoms with E-state index in [1.54, 1.807) is 51.1 Å². The van der Waals surface area contributed by atoms with E-state index in [1.165, 1.54) is 4.90 Å². The summed E-state index contributed by atoms with van der Waals surface area (Å²) < 4.78 is 26.4. The van der Waals surface area contributed by atoms with Crippen LogP contribution in [0.15, 0.2) is 36.4 Å². The molecule has 2 aromatic rings. The largest absolute Gasteiger partial charge is 0.355 e. The Morgan fingerprint density at radius 3 is 2.24 bits per heavy atom. The highest BCUT2D eigenvalue weighted by Crippen LogP contribution is 2.28. The van der Waals surface area contributed by atoms with Crippen molar-refractivity contribution in [3.05, 3.63) is 63.1 Å². The van der Waals surface area contributed by atoms with Crippen LogP contribution in [0.1, 0.15) is 30.5 Å². The molecule has 0 aliphatic rings. The van der Waals surface area contributed by atoms with Gasteiger partial charge in [0.05, 0.1) is 11.9 Å². The monoisotopic (exact) mass is 513 g/mol. The number of likely N-dealkylation sites (N-methyl/N-ethyl adjacent to an activating group) is 1. The summed E-state index contributed by atoms with van der Waals surface area (Å²) in [7, 11) is -3.80. The van der Waals surface area contributed by atoms with Gasteiger partial charge in [0.25, 0.3) is 0 Å². The molecule has 0 heterocycles. The number of halogens is 2. The van der Waals surface area contributed by atoms with E-state index in [1.807, 2.05) is 13.0 Å². The van der Waals surface area contributed by atoms with Crippen LogP contribution >= 0.6 is 23.2 Å². The molecule has 2 aromatic carbocycles. The van der Waals surface area contributed by atoms with Crippen LogP contribution in [0, 0.1) is 13.8 Å². The van der Waals surface area contributed by atoms with E-state index >= 15 is 0 Å². The first kappa shape index (κ1) is 27.0. The molecule has 0 bridgehead atoms. The van der Waals surface area contributed by atoms with Gasteiger partial charge < -0.3 is 10.2 Å². The van der Waals surface area contributed by atoms with E-state index in [4.69, 9.17) is 23.2 Å². The quantitative estimate of drug-likeness (QED) is 0.550. The summed E-state index contributed by atoms with van der Waals surface area (Å²) in [5.41, 5.74) is 2.44. The lowest BCUT2D eigenvalue weighted by Crippen LogP contribution is -2.51. The first-order valence-corrected chi connectivity index (χ1v) is 13.0. The summed E-state index contributed by atoms with van der Waals surface area (Å²) in [6.45, 7) is 6.82. The van der Waals surface area contributed by atoms with Gasteiger partial charge in [0.1, 0.15) is 12.6 Å². The van der Waals surface area contributed by atoms with E-state index in [2.05, 4.69) is 5.32 Å². The highest BCUT2D eigenvalue weighted by molar-refractivity contribution is 7.92. The second kappa shape index (κ2) is 11.2. The molecular weight excluding hydrogens is 485 g/mol. The molecule has 0 spiro atoms. The van der Waals surface area contributed by atoms with Crippen LogP contribution in [0.4, 0.5) is 5.69 Å². The fourth-order valence-electron chi connectivity index (χ4n) is 3.34. The highest BCUT2D eigenvalue weighted by Gasteiger charge is 2.31. The van der Waals surface area contributed by atoms with E-state index in [9.17, 15) is 18.0 Å². The molecule has 0 unspecified atom stereocenters. The predicted molar refractivity (Wildman–Crippen MR) is 133 cm³/mol. The summed E-state index contributed by atoms with van der Waals surface area (Å²) in [5.74, 6) is -0.928. The van der Waals surface area contributed by atoms with Crippen molar-refractivity contribution in [2.24, 2.45) is 0 Å². The minimum absolute atomic E-state index is 0.0555. The molecule has 10 heteroatoms. The van der Waals surface area contributed by atoms with Gasteiger partial charge in [-0.25, -0.2) is 8.42 Å². The zero-order valence-corrected chi connectivity index (χ0v) is 21.7. The van der Waals surface area contributed by atoms with Gasteiger partial charge in [-0.05, 0) is 57.0 Å². The second-order valence-electron chi connectivity index (χ2n) is 7.85. The Kier molecular flexibility index (Phi) is 9.17. The maximum atomic E-state index is 13.5. The van der Waals surface area contributed by atoms with Gasteiger partial charge in [-0.2, -0.15) is 0 Å². The minimum Gasteiger partial charge on any atom is -0.355 e. The molecule has 7 nitrogen and oxygen atoms in total. The van der Waals surface area contributed by atoms with Crippen molar-refractivity contribution < 1.29 is 18.0 Å². The summed E-state index contributed by atoms with van der Waals surface area (Å²) in [6.07, 6.45) is 1.05. The number of benzene rings is 2. The number of nitrogens with one attached hydrogen (secondary N) is 1. The Labute approximate surface area is 205 Å². The van der Waals surface area contributed by atoms with Crippen LogP contribution in [0.2, 0.25) is 10.0 Å². The number of anilines is 1. The lowest BCUT2D eigenvalue weighted by atomic mass is 10.1. The van der Waals surface area contributed by atoms with Crippen LogP contribution in [-0.4, -0.2) is 50.5 Å². The van der Waals surface area contributed by atoms with Gasteiger partial charge in [-0.15, -0.1) is 0 Å². The van der Waals surface area contributed by atoms with Gasteiger partial charge in [0.2, 0.25) is 21.8 Å². The maximum absolute atomic E-state index is 13.5. The Morgan fingerprint density at radius 1 is 1.09 bits per heavy atom. The standard InChI is InChI=1S/C23H29Cl2N3O4S/c1-6-26-23(30)17(4)27(13-18-19(24)8-7-9-20(18)25)22(29)14-28(33(5,31)32)21-12-15(2)10-11-16(21)3/h7-12,17H,6,13-14H2,1-5H3,(H,26,30)/t17-/m0/s1. The van der Waals surface area contributed by atoms with Crippen molar-refractivity contribution in [1.82, 2.24) is 10.2 Å². The van der Waals surface area contributed by atoms with Crippen molar-refractivity contribution in [2.45, 2.75) is 40.3 Å². The number of carbonyl (C=O) groups excluding carboxylic acids is 2. The summed E-state index contributed by atoms with van der Waals surface area (Å²) in [6, 6.07) is 9.45. The Balaban J connectivity index is 2.49. The van der Waals surface area contributed by atoms with Crippen LogP contribution in [0.5, 0.6) is 0 Å². The molecule has 0 aliphatic heterocycles. The average molecular weight is 514 g/mol. The molecule has 2 amide bonds. The molecule has 0 aromatic heterocycles. The molecule has 1 atom stereocenters. The van der Waals surface area contributed by atoms with Gasteiger partial charge in [0.15, 0.2) is 0 Å². The van der Waals surface area contributed by atoms with Crippen molar-refractivity contribution in [1.29, 1.82) is 0 Å². The van der Waals surface area contributed by atoms with E-state index in [0.29, 0.717) is 33.4 Å². The minimum atomic E-state index is -3.80. The number of sulfonamides is 1. The number of carbonyl (C=O) groups is 2. The maximum Gasteiger partial charge on any atom is 0.244 e. The Hall–Kier alpha value is -2.29. The number of nitrogens with zero attached hydrogens (tertiary/aromatic N) is 2. The molecule has 0 saturated carbocycles. The molecule has 2 rings (SSSR count). The van der Waals surface area contributed by atoms with Crippen LogP contribution in [-0.2, 0) is 26.2 Å². The molecule has 180 valence electrons. The number of amides is 2. The molecule has 0 aliphatic carbocycles. The zero-order valence-electron chi connectivity index (χ0n) is 19.4. The normalized spacial score (nSPS) is 12.2. The third-order valence-electron chi connectivity index (χ3n) is 5.22. The summed E-state index contributed by atoms with van der Waals surface area (Å²) in [4.78, 5) is 27.4. The number of aryl methyl sites for hydroxylation is 2. The SMILES string of the molecule is CCNC(=O)[C@H](C)N(Cc1c(Cl)cccc1Cl)C(=O)CN(c1cc(C)ccc1C)S(C)(=O)=O. The molecule has 0 fully saturated rings. The van der Waals surface area contributed by atoms with E-state index < -0.39 is 28.5 Å². The molecule has 1 N–H and O–H groups in total. The lowest BCUT2D eigenvalue weighted by molar-refractivity contribution is -0.139. The first-order valence-electron chi connectivity index (χ1n) is 10.4. The lowest BCUT2D eigenvalue weighted by Gasteiger charge is -2.32. The predicted octanol–water partition coefficient (Wildman–Crippen LogP) is 3.93. The Bertz CT molecular complexity index is 1120. The molecule has 0 saturated heterocycles. The molecule has 33 heavy (non-hydrogen) atoms. The fraction of sp³-hybridized carbons (Fsp3) is 0.391. The van der Waals surface area contributed by atoms with Crippen molar-refractivity contribution >= 4 is 50.7 Å². The summed E-state index contributed by atoms with van der Waals surface area (Å²) in [5, 5.41) is 3.39. The molecule has 0 radical (unpaired) electrons. The third-order valence-corrected chi connectivity index (χ3v) is 7.06. The number of hydrogen-bond donors (Lipinski definition) is 1. The fourth-order valence-corrected chi connectivity index (χ4v) is 4.76. The van der Waals surface area contributed by atoms with Gasteiger partial charge >= 0.3 is 0 Å². The van der Waals surface area contributed by atoms with E-state index in [-0.39, 0.29) is 12.5 Å². The number of hydrogen-bond acceptors (Lipinski definition) is 4. The number of rotatable bonds is 9. The van der Waals surface area contributed by atoms with Crippen LogP contribution in [0.3, 0.4) is 0 Å². The Morgan fingerprint density at radius 2 is 1.70 bits per heavy atom. The highest BCUT2D eigenvalue weighted by atomic mass is 35.5. The topological polar surface area (TPSA) is 86.8 Å². The van der Waals surface area contributed by atoms with E-state index in [0.717, 1.165) is 16.1 Å². The summed E-state index contributed by atoms with van der Waals surface area (Å²) >= 11 is 12.6. The average Bonchev–Trinajstić information content (AvgIpc) is 2.72. The molecular formula is C23H29Cl2N3O4S. The van der Waals surface area contributed by atoms with Crippen LogP contribution < -0.4 is 9.62 Å². The second-order valence-corrected chi connectivity index (χ2v) is 10.6. The third kappa shape index (κ3) is 6.85. The van der Waals surface area contributed by atoms with Gasteiger partial charge in [-0.1, -0.05) is 41.4 Å². The van der Waals surface area contributed by atoms with Crippen molar-refractivity contribution in [3.8, 4) is 0 Å². The first-order chi connectivity index (χ1) is 15.4. The van der Waals surface area contributed by atoms with Gasteiger partial charge in [0, 0.05) is 28.7 Å². The van der Waals surface area contributed by atoms with Crippen molar-refractivity contribution in [2.75, 3.05) is 23.7 Å².